The smallest absolute Gasteiger partial charge is 0.303 e. The first-order valence-electron chi connectivity index (χ1n) is 4.96. The van der Waals surface area contributed by atoms with E-state index < -0.39 is 5.97 Å². The van der Waals surface area contributed by atoms with Crippen LogP contribution in [0.25, 0.3) is 10.7 Å². The number of carboxylic acids is 1. The Morgan fingerprint density at radius 3 is 2.94 bits per heavy atom. The fourth-order valence-corrected chi connectivity index (χ4v) is 1.98. The minimum atomic E-state index is -0.824. The summed E-state index contributed by atoms with van der Waals surface area (Å²) in [5.41, 5.74) is 0.768. The van der Waals surface area contributed by atoms with E-state index in [-0.39, 0.29) is 6.42 Å². The molecule has 0 bridgehead atoms. The van der Waals surface area contributed by atoms with Crippen molar-refractivity contribution in [2.24, 2.45) is 0 Å². The number of nitrogens with zero attached hydrogens (tertiary/aromatic N) is 6. The Morgan fingerprint density at radius 2 is 2.29 bits per heavy atom. The molecule has 9 heteroatoms. The van der Waals surface area contributed by atoms with E-state index in [0.29, 0.717) is 18.8 Å². The Hall–Kier alpha value is -1.90. The van der Waals surface area contributed by atoms with Crippen molar-refractivity contribution < 1.29 is 9.90 Å². The van der Waals surface area contributed by atoms with Crippen molar-refractivity contribution in [3.63, 3.8) is 0 Å². The highest BCUT2D eigenvalue weighted by molar-refractivity contribution is 7.09. The Bertz CT molecular complexity index is 522. The second kappa shape index (κ2) is 4.95. The number of aromatic nitrogens is 6. The molecule has 0 aromatic carbocycles. The SMILES string of the molecule is Cc1nnsc1-c1nnnn1CCCC(=O)O. The highest BCUT2D eigenvalue weighted by Gasteiger charge is 2.14. The van der Waals surface area contributed by atoms with Gasteiger partial charge in [0.15, 0.2) is 5.82 Å². The summed E-state index contributed by atoms with van der Waals surface area (Å²) in [6.45, 7) is 2.29. The van der Waals surface area contributed by atoms with Crippen molar-refractivity contribution in [2.75, 3.05) is 0 Å². The molecule has 0 aliphatic heterocycles. The Balaban J connectivity index is 2.12. The monoisotopic (exact) mass is 254 g/mol. The van der Waals surface area contributed by atoms with Crippen LogP contribution in [0.2, 0.25) is 0 Å². The predicted octanol–water partition coefficient (Wildman–Crippen LogP) is 0.365. The lowest BCUT2D eigenvalue weighted by atomic mass is 10.3. The minimum absolute atomic E-state index is 0.0965. The van der Waals surface area contributed by atoms with E-state index in [1.165, 1.54) is 11.5 Å². The van der Waals surface area contributed by atoms with E-state index >= 15 is 0 Å². The summed E-state index contributed by atoms with van der Waals surface area (Å²) in [5.74, 6) is -0.238. The molecule has 0 fully saturated rings. The first-order valence-corrected chi connectivity index (χ1v) is 5.73. The topological polar surface area (TPSA) is 107 Å². The first-order chi connectivity index (χ1) is 8.18. The largest absolute Gasteiger partial charge is 0.481 e. The van der Waals surface area contributed by atoms with Crippen molar-refractivity contribution in [2.45, 2.75) is 26.3 Å². The zero-order valence-electron chi connectivity index (χ0n) is 9.07. The van der Waals surface area contributed by atoms with Gasteiger partial charge in [-0.05, 0) is 35.3 Å². The minimum Gasteiger partial charge on any atom is -0.481 e. The molecule has 17 heavy (non-hydrogen) atoms. The van der Waals surface area contributed by atoms with Crippen molar-refractivity contribution in [1.29, 1.82) is 0 Å². The fourth-order valence-electron chi connectivity index (χ4n) is 1.33. The van der Waals surface area contributed by atoms with Crippen LogP contribution in [0.15, 0.2) is 0 Å². The van der Waals surface area contributed by atoms with E-state index in [1.807, 2.05) is 6.92 Å². The summed E-state index contributed by atoms with van der Waals surface area (Å²) in [4.78, 5) is 11.2. The molecule has 0 atom stereocenters. The molecule has 0 saturated heterocycles. The second-order valence-electron chi connectivity index (χ2n) is 3.41. The molecule has 2 rings (SSSR count). The van der Waals surface area contributed by atoms with Crippen LogP contribution in [0.3, 0.4) is 0 Å². The molecule has 2 aromatic rings. The Labute approximate surface area is 100 Å². The molecule has 8 nitrogen and oxygen atoms in total. The van der Waals surface area contributed by atoms with Gasteiger partial charge < -0.3 is 5.11 Å². The average molecular weight is 254 g/mol. The normalized spacial score (nSPS) is 10.6. The maximum Gasteiger partial charge on any atom is 0.303 e. The molecule has 0 radical (unpaired) electrons. The molecule has 90 valence electrons. The van der Waals surface area contributed by atoms with Crippen LogP contribution in [0.1, 0.15) is 18.5 Å². The number of carboxylic acid groups (broad SMARTS) is 1. The van der Waals surface area contributed by atoms with Crippen LogP contribution in [0.5, 0.6) is 0 Å². The summed E-state index contributed by atoms with van der Waals surface area (Å²) in [7, 11) is 0. The highest BCUT2D eigenvalue weighted by atomic mass is 32.1. The summed E-state index contributed by atoms with van der Waals surface area (Å²) in [6, 6.07) is 0. The molecule has 0 aliphatic rings. The average Bonchev–Trinajstić information content (AvgIpc) is 2.86. The molecule has 0 saturated carbocycles. The molecular formula is C8H10N6O2S. The van der Waals surface area contributed by atoms with Gasteiger partial charge in [-0.15, -0.1) is 10.2 Å². The van der Waals surface area contributed by atoms with Gasteiger partial charge >= 0.3 is 5.97 Å². The highest BCUT2D eigenvalue weighted by Crippen LogP contribution is 2.22. The van der Waals surface area contributed by atoms with Crippen molar-refractivity contribution in [3.8, 4) is 10.7 Å². The summed E-state index contributed by atoms with van der Waals surface area (Å²) in [5, 5.41) is 23.8. The summed E-state index contributed by atoms with van der Waals surface area (Å²) in [6.07, 6.45) is 0.581. The van der Waals surface area contributed by atoms with E-state index in [4.69, 9.17) is 5.11 Å². The van der Waals surface area contributed by atoms with Gasteiger partial charge in [0.25, 0.3) is 0 Å². The van der Waals surface area contributed by atoms with Crippen LogP contribution in [-0.4, -0.2) is 40.9 Å². The number of rotatable bonds is 5. The van der Waals surface area contributed by atoms with Gasteiger partial charge in [-0.25, -0.2) is 4.68 Å². The van der Waals surface area contributed by atoms with Gasteiger partial charge in [0.05, 0.1) is 5.69 Å². The fraction of sp³-hybridized carbons (Fsp3) is 0.500. The van der Waals surface area contributed by atoms with Crippen LogP contribution in [0.4, 0.5) is 0 Å². The van der Waals surface area contributed by atoms with Gasteiger partial charge in [-0.3, -0.25) is 4.79 Å². The van der Waals surface area contributed by atoms with Crippen molar-refractivity contribution in [1.82, 2.24) is 29.8 Å². The van der Waals surface area contributed by atoms with Crippen LogP contribution < -0.4 is 0 Å². The number of carbonyl (C=O) groups is 1. The molecule has 2 heterocycles. The second-order valence-corrected chi connectivity index (χ2v) is 4.16. The molecule has 0 unspecified atom stereocenters. The molecule has 0 spiro atoms. The Kier molecular flexibility index (Phi) is 3.38. The number of aliphatic carboxylic acids is 1. The van der Waals surface area contributed by atoms with Gasteiger partial charge in [0, 0.05) is 13.0 Å². The molecule has 0 amide bonds. The first kappa shape index (κ1) is 11.6. The van der Waals surface area contributed by atoms with E-state index in [2.05, 4.69) is 25.1 Å². The molecular weight excluding hydrogens is 244 g/mol. The molecule has 0 aliphatic carbocycles. The van der Waals surface area contributed by atoms with Crippen LogP contribution in [0, 0.1) is 6.92 Å². The zero-order valence-corrected chi connectivity index (χ0v) is 9.88. The van der Waals surface area contributed by atoms with E-state index in [0.717, 1.165) is 10.6 Å². The summed E-state index contributed by atoms with van der Waals surface area (Å²) < 4.78 is 5.39. The van der Waals surface area contributed by atoms with Crippen molar-refractivity contribution in [3.05, 3.63) is 5.69 Å². The van der Waals surface area contributed by atoms with Gasteiger partial charge in [-0.1, -0.05) is 4.49 Å². The van der Waals surface area contributed by atoms with E-state index in [1.54, 1.807) is 4.68 Å². The third-order valence-corrected chi connectivity index (χ3v) is 2.97. The van der Waals surface area contributed by atoms with Crippen LogP contribution >= 0.6 is 11.5 Å². The third-order valence-electron chi connectivity index (χ3n) is 2.15. The number of aryl methyl sites for hydroxylation is 2. The predicted molar refractivity (Wildman–Crippen MR) is 58.3 cm³/mol. The lowest BCUT2D eigenvalue weighted by Gasteiger charge is -2.01. The summed E-state index contributed by atoms with van der Waals surface area (Å²) >= 11 is 1.22. The zero-order chi connectivity index (χ0) is 12.3. The number of hydrogen-bond donors (Lipinski definition) is 1. The van der Waals surface area contributed by atoms with Gasteiger partial charge in [-0.2, -0.15) is 0 Å². The van der Waals surface area contributed by atoms with Gasteiger partial charge in [0.2, 0.25) is 0 Å². The van der Waals surface area contributed by atoms with Gasteiger partial charge in [0.1, 0.15) is 4.88 Å². The van der Waals surface area contributed by atoms with Crippen molar-refractivity contribution >= 4 is 17.5 Å². The Morgan fingerprint density at radius 1 is 1.47 bits per heavy atom. The maximum absolute atomic E-state index is 10.4. The maximum atomic E-state index is 10.4. The lowest BCUT2D eigenvalue weighted by molar-refractivity contribution is -0.137. The lowest BCUT2D eigenvalue weighted by Crippen LogP contribution is -2.05. The number of hydrogen-bond acceptors (Lipinski definition) is 7. The van der Waals surface area contributed by atoms with E-state index in [9.17, 15) is 4.79 Å². The molecule has 2 aromatic heterocycles. The quantitative estimate of drug-likeness (QED) is 0.821. The molecule has 1 N–H and O–H groups in total. The number of tetrazole rings is 1. The van der Waals surface area contributed by atoms with Crippen LogP contribution in [-0.2, 0) is 11.3 Å². The standard InChI is InChI=1S/C8H10N6O2S/c1-5-7(17-13-9-5)8-10-11-12-14(8)4-2-3-6(15)16/h2-4H2,1H3,(H,15,16). The third kappa shape index (κ3) is 2.61.